The van der Waals surface area contributed by atoms with E-state index >= 15 is 0 Å². The van der Waals surface area contributed by atoms with E-state index in [4.69, 9.17) is 27.8 Å². The van der Waals surface area contributed by atoms with Crippen molar-refractivity contribution in [3.05, 3.63) is 38.6 Å². The molecule has 2 aliphatic rings. The van der Waals surface area contributed by atoms with Crippen LogP contribution in [0.15, 0.2) is 11.6 Å². The smallest absolute Gasteiger partial charge is 0.218 e. The molecule has 4 N–H and O–H groups in total. The van der Waals surface area contributed by atoms with Gasteiger partial charge in [-0.1, -0.05) is 24.9 Å². The quantitative estimate of drug-likeness (QED) is 0.394. The summed E-state index contributed by atoms with van der Waals surface area (Å²) in [5.74, 6) is -0.0255. The molecule has 0 bridgehead atoms. The molecule has 186 valence electrons. The fourth-order valence-corrected chi connectivity index (χ4v) is 6.30. The van der Waals surface area contributed by atoms with Crippen molar-refractivity contribution >= 4 is 39.4 Å². The Balaban J connectivity index is 1.66. The van der Waals surface area contributed by atoms with E-state index in [1.807, 2.05) is 6.92 Å². The minimum absolute atomic E-state index is 0.0989. The van der Waals surface area contributed by atoms with E-state index in [-0.39, 0.29) is 22.5 Å². The fraction of sp³-hybridized carbons (Fsp3) is 0.520. The van der Waals surface area contributed by atoms with E-state index < -0.39 is 5.92 Å². The highest BCUT2D eigenvalue weighted by Crippen LogP contribution is 2.44. The predicted octanol–water partition coefficient (Wildman–Crippen LogP) is 4.28. The Morgan fingerprint density at radius 2 is 2.17 bits per heavy atom. The summed E-state index contributed by atoms with van der Waals surface area (Å²) in [6.45, 7) is 3.53. The van der Waals surface area contributed by atoms with Gasteiger partial charge < -0.3 is 21.1 Å². The Morgan fingerprint density at radius 1 is 1.37 bits per heavy atom. The molecule has 0 unspecified atom stereocenters. The second-order valence-electron chi connectivity index (χ2n) is 9.18. The molecule has 35 heavy (non-hydrogen) atoms. The van der Waals surface area contributed by atoms with Gasteiger partial charge in [0.05, 0.1) is 11.3 Å². The Kier molecular flexibility index (Phi) is 7.95. The van der Waals surface area contributed by atoms with Gasteiger partial charge in [-0.2, -0.15) is 10.2 Å². The van der Waals surface area contributed by atoms with E-state index in [1.54, 1.807) is 6.07 Å². The number of allylic oxidation sites excluding steroid dienone is 1. The fourth-order valence-electron chi connectivity index (χ4n) is 5.00. The maximum atomic E-state index is 13.8. The first-order valence-electron chi connectivity index (χ1n) is 12.1. The van der Waals surface area contributed by atoms with Gasteiger partial charge in [0.2, 0.25) is 5.88 Å². The number of nitrogen functional groups attached to an aromatic ring is 1. The van der Waals surface area contributed by atoms with Crippen LogP contribution in [-0.2, 0) is 11.2 Å². The number of nitrogens with two attached hydrogens (primary N) is 2. The third-order valence-corrected chi connectivity index (χ3v) is 8.14. The van der Waals surface area contributed by atoms with Crippen LogP contribution >= 0.6 is 22.9 Å². The van der Waals surface area contributed by atoms with Crippen molar-refractivity contribution in [2.45, 2.75) is 63.8 Å². The summed E-state index contributed by atoms with van der Waals surface area (Å²) in [5.41, 5.74) is 14.5. The zero-order chi connectivity index (χ0) is 25.1. The second-order valence-corrected chi connectivity index (χ2v) is 10.7. The number of likely N-dealkylation sites (tertiary alicyclic amines) is 1. The molecule has 0 saturated carbocycles. The number of halogens is 1. The summed E-state index contributed by atoms with van der Waals surface area (Å²) in [5, 5.41) is 10.3. The van der Waals surface area contributed by atoms with E-state index in [1.165, 1.54) is 11.3 Å². The van der Waals surface area contributed by atoms with Crippen molar-refractivity contribution in [3.8, 4) is 11.9 Å². The monoisotopic (exact) mass is 514 g/mol. The minimum atomic E-state index is -0.449. The van der Waals surface area contributed by atoms with Crippen molar-refractivity contribution in [2.24, 2.45) is 5.73 Å². The second kappa shape index (κ2) is 10.9. The minimum Gasteiger partial charge on any atom is -0.476 e. The molecule has 10 heteroatoms. The average Bonchev–Trinajstić information content (AvgIpc) is 3.40. The molecule has 2 aromatic rings. The van der Waals surface area contributed by atoms with Gasteiger partial charge in [-0.3, -0.25) is 4.79 Å². The molecule has 1 saturated heterocycles. The molecule has 0 radical (unpaired) electrons. The van der Waals surface area contributed by atoms with Crippen molar-refractivity contribution in [1.82, 2.24) is 14.9 Å². The number of aromatic nitrogens is 2. The Labute approximate surface area is 214 Å². The number of thiophene rings is 1. The molecule has 1 aliphatic carbocycles. The van der Waals surface area contributed by atoms with Crippen LogP contribution in [-0.4, -0.2) is 46.9 Å². The predicted molar refractivity (Wildman–Crippen MR) is 138 cm³/mol. The van der Waals surface area contributed by atoms with Crippen molar-refractivity contribution < 1.29 is 9.53 Å². The van der Waals surface area contributed by atoms with Crippen LogP contribution in [0.2, 0.25) is 5.15 Å². The highest BCUT2D eigenvalue weighted by molar-refractivity contribution is 7.16. The van der Waals surface area contributed by atoms with Gasteiger partial charge in [-0.15, -0.1) is 11.3 Å². The van der Waals surface area contributed by atoms with Crippen LogP contribution in [0, 0.1) is 11.3 Å². The number of ketones is 1. The Bertz CT molecular complexity index is 1190. The lowest BCUT2D eigenvalue weighted by molar-refractivity contribution is -0.117. The van der Waals surface area contributed by atoms with Crippen LogP contribution in [0.25, 0.3) is 5.70 Å². The highest BCUT2D eigenvalue weighted by atomic mass is 35.5. The zero-order valence-electron chi connectivity index (χ0n) is 20.1. The summed E-state index contributed by atoms with van der Waals surface area (Å²) in [7, 11) is 2.08. The molecule has 0 spiro atoms. The van der Waals surface area contributed by atoms with Gasteiger partial charge >= 0.3 is 0 Å². The number of aryl methyl sites for hydroxylation is 1. The number of ether oxygens (including phenoxy) is 1. The molecule has 1 aliphatic heterocycles. The van der Waals surface area contributed by atoms with Crippen molar-refractivity contribution in [1.29, 1.82) is 5.26 Å². The standard InChI is InChI=1S/C25H31ClN6O2S/c1-3-6-16(23(33)15-8-4-9-18-21(15)17(12-27)24(29)35-18)22(28)25-30-19(26)11-20(31-25)34-13-14-7-5-10-32(14)2/h11,14-15H,3-10,13,28-29H2,1-2H3/b22-16-/t14-,15-/m0/s1. The molecule has 0 amide bonds. The third-order valence-electron chi connectivity index (χ3n) is 6.85. The van der Waals surface area contributed by atoms with Gasteiger partial charge in [0.1, 0.15) is 22.8 Å². The molecular formula is C25H31ClN6O2S. The molecule has 0 aromatic carbocycles. The summed E-state index contributed by atoms with van der Waals surface area (Å²) in [6, 6.07) is 4.09. The van der Waals surface area contributed by atoms with Gasteiger partial charge in [-0.25, -0.2) is 4.98 Å². The highest BCUT2D eigenvalue weighted by Gasteiger charge is 2.34. The Hall–Kier alpha value is -2.67. The van der Waals surface area contributed by atoms with E-state index in [2.05, 4.69) is 28.0 Å². The normalized spacial score (nSPS) is 20.7. The van der Waals surface area contributed by atoms with E-state index in [0.29, 0.717) is 47.5 Å². The first-order valence-corrected chi connectivity index (χ1v) is 13.2. The lowest BCUT2D eigenvalue weighted by Crippen LogP contribution is -2.30. The van der Waals surface area contributed by atoms with Crippen molar-refractivity contribution in [3.63, 3.8) is 0 Å². The van der Waals surface area contributed by atoms with E-state index in [0.717, 1.165) is 49.1 Å². The molecule has 2 atom stereocenters. The first kappa shape index (κ1) is 25.4. The molecule has 8 nitrogen and oxygen atoms in total. The number of rotatable bonds is 8. The van der Waals surface area contributed by atoms with Crippen LogP contribution in [0.4, 0.5) is 5.00 Å². The SMILES string of the molecule is CCC/C(C(=O)[C@H]1CCCc2sc(N)c(C#N)c21)=C(/N)c1nc(Cl)cc(OC[C@@H]2CCCN2C)n1. The maximum absolute atomic E-state index is 13.8. The molecule has 1 fully saturated rings. The molecular weight excluding hydrogens is 484 g/mol. The van der Waals surface area contributed by atoms with Crippen molar-refractivity contribution in [2.75, 3.05) is 25.9 Å². The number of hydrogen-bond donors (Lipinski definition) is 2. The van der Waals surface area contributed by atoms with Crippen LogP contribution in [0.3, 0.4) is 0 Å². The number of carbonyl (C=O) groups excluding carboxylic acids is 1. The topological polar surface area (TPSA) is 131 Å². The lowest BCUT2D eigenvalue weighted by atomic mass is 9.79. The van der Waals surface area contributed by atoms with Crippen LogP contribution < -0.4 is 16.2 Å². The Morgan fingerprint density at radius 3 is 2.86 bits per heavy atom. The third kappa shape index (κ3) is 5.30. The van der Waals surface area contributed by atoms with Crippen LogP contribution in [0.1, 0.15) is 73.2 Å². The van der Waals surface area contributed by atoms with Gasteiger partial charge in [0, 0.05) is 28.5 Å². The van der Waals surface area contributed by atoms with Gasteiger partial charge in [0.25, 0.3) is 0 Å². The van der Waals surface area contributed by atoms with Gasteiger partial charge in [0.15, 0.2) is 11.6 Å². The summed E-state index contributed by atoms with van der Waals surface area (Å²) >= 11 is 7.69. The summed E-state index contributed by atoms with van der Waals surface area (Å²) in [4.78, 5) is 25.9. The maximum Gasteiger partial charge on any atom is 0.218 e. The number of hydrogen-bond acceptors (Lipinski definition) is 9. The van der Waals surface area contributed by atoms with Crippen LogP contribution in [0.5, 0.6) is 5.88 Å². The number of anilines is 1. The van der Waals surface area contributed by atoms with Gasteiger partial charge in [-0.05, 0) is 57.7 Å². The summed E-state index contributed by atoms with van der Waals surface area (Å²) in [6.07, 6.45) is 5.73. The number of nitriles is 1. The number of nitrogens with zero attached hydrogens (tertiary/aromatic N) is 4. The number of fused-ring (bicyclic) bond motifs is 1. The van der Waals surface area contributed by atoms with E-state index in [9.17, 15) is 10.1 Å². The number of likely N-dealkylation sites (N-methyl/N-ethyl adjacent to an activating group) is 1. The first-order chi connectivity index (χ1) is 16.8. The average molecular weight is 515 g/mol. The number of Topliss-reactive ketones (excluding diaryl/α,β-unsaturated/α-hetero) is 1. The largest absolute Gasteiger partial charge is 0.476 e. The summed E-state index contributed by atoms with van der Waals surface area (Å²) < 4.78 is 5.94. The lowest BCUT2D eigenvalue weighted by Gasteiger charge is -2.24. The molecule has 2 aromatic heterocycles. The number of carbonyl (C=O) groups is 1. The zero-order valence-corrected chi connectivity index (χ0v) is 21.7. The molecule has 4 rings (SSSR count). The molecule has 3 heterocycles.